The zero-order valence-electron chi connectivity index (χ0n) is 13.3. The van der Waals surface area contributed by atoms with E-state index in [9.17, 15) is 13.2 Å². The number of hydrogen-bond donors (Lipinski definition) is 2. The molecule has 0 unspecified atom stereocenters. The average Bonchev–Trinajstić information content (AvgIpc) is 3.04. The molecule has 0 aliphatic heterocycles. The molecule has 2 amide bonds. The fourth-order valence-electron chi connectivity index (χ4n) is 1.81. The van der Waals surface area contributed by atoms with E-state index in [1.165, 1.54) is 12.1 Å². The molecule has 136 valence electrons. The van der Waals surface area contributed by atoms with Gasteiger partial charge in [0.2, 0.25) is 15.7 Å². The Labute approximate surface area is 154 Å². The summed E-state index contributed by atoms with van der Waals surface area (Å²) in [5.41, 5.74) is 0.252. The molecule has 0 atom stereocenters. The number of sulfone groups is 1. The Hall–Kier alpha value is -1.84. The molecule has 1 heterocycles. The molecule has 11 heteroatoms. The molecule has 0 bridgehead atoms. The lowest BCUT2D eigenvalue weighted by atomic mass is 10.2. The van der Waals surface area contributed by atoms with Gasteiger partial charge in [0, 0.05) is 22.2 Å². The number of nitrogens with one attached hydrogen (secondary N) is 2. The Balaban J connectivity index is 2.06. The smallest absolute Gasteiger partial charge is 0.335 e. The van der Waals surface area contributed by atoms with Gasteiger partial charge >= 0.3 is 11.3 Å². The first kappa shape index (κ1) is 19.5. The molecule has 0 aliphatic carbocycles. The number of halogens is 2. The molecule has 1 aromatic carbocycles. The maximum Gasteiger partial charge on any atom is 0.335 e. The third-order valence-corrected chi connectivity index (χ3v) is 5.12. The Bertz CT molecular complexity index is 834. The summed E-state index contributed by atoms with van der Waals surface area (Å²) in [5, 5.41) is 12.1. The summed E-state index contributed by atoms with van der Waals surface area (Å²) in [5.74, 6) is -0.507. The van der Waals surface area contributed by atoms with E-state index >= 15 is 0 Å². The van der Waals surface area contributed by atoms with Crippen molar-refractivity contribution in [2.45, 2.75) is 30.9 Å². The van der Waals surface area contributed by atoms with E-state index in [1.54, 1.807) is 6.07 Å². The molecule has 0 fully saturated rings. The predicted molar refractivity (Wildman–Crippen MR) is 92.2 cm³/mol. The van der Waals surface area contributed by atoms with Crippen molar-refractivity contribution in [3.63, 3.8) is 0 Å². The van der Waals surface area contributed by atoms with Gasteiger partial charge in [-0.2, -0.15) is 0 Å². The van der Waals surface area contributed by atoms with E-state index in [0.29, 0.717) is 6.54 Å². The quantitative estimate of drug-likeness (QED) is 0.729. The standard InChI is InChI=1S/C14H16Cl2N4O4S/c1-2-6-17-13(21)18-7-12-19-20-14(24-12)25(22,23)8-9-10(15)4-3-5-11(9)16/h3-5H,2,6-8H2,1H3,(H2,17,18,21). The number of hydrogen-bond acceptors (Lipinski definition) is 6. The van der Waals surface area contributed by atoms with Crippen LogP contribution < -0.4 is 10.6 Å². The van der Waals surface area contributed by atoms with Crippen LogP contribution in [0.1, 0.15) is 24.8 Å². The van der Waals surface area contributed by atoms with Gasteiger partial charge < -0.3 is 15.1 Å². The highest BCUT2D eigenvalue weighted by atomic mass is 35.5. The van der Waals surface area contributed by atoms with Gasteiger partial charge in [-0.05, 0) is 18.6 Å². The SMILES string of the molecule is CCCNC(=O)NCc1nnc(S(=O)(=O)Cc2c(Cl)cccc2Cl)o1. The number of nitrogens with zero attached hydrogens (tertiary/aromatic N) is 2. The lowest BCUT2D eigenvalue weighted by Crippen LogP contribution is -2.35. The van der Waals surface area contributed by atoms with Gasteiger partial charge in [-0.25, -0.2) is 13.2 Å². The molecule has 1 aromatic heterocycles. The Kier molecular flexibility index (Phi) is 6.63. The third-order valence-electron chi connectivity index (χ3n) is 3.05. The fourth-order valence-corrected chi connectivity index (χ4v) is 3.71. The van der Waals surface area contributed by atoms with Crippen molar-refractivity contribution in [1.82, 2.24) is 20.8 Å². The molecular formula is C14H16Cl2N4O4S. The highest BCUT2D eigenvalue weighted by Gasteiger charge is 2.25. The van der Waals surface area contributed by atoms with Crippen LogP contribution in [-0.4, -0.2) is 31.2 Å². The summed E-state index contributed by atoms with van der Waals surface area (Å²) in [4.78, 5) is 11.4. The van der Waals surface area contributed by atoms with Crippen LogP contribution >= 0.6 is 23.2 Å². The van der Waals surface area contributed by atoms with Crippen molar-refractivity contribution in [3.8, 4) is 0 Å². The predicted octanol–water partition coefficient (Wildman–Crippen LogP) is 2.56. The van der Waals surface area contributed by atoms with Gasteiger partial charge in [0.15, 0.2) is 0 Å². The van der Waals surface area contributed by atoms with Crippen LogP contribution in [0, 0.1) is 0 Å². The second-order valence-corrected chi connectivity index (χ2v) is 7.71. The number of rotatable bonds is 7. The van der Waals surface area contributed by atoms with Crippen molar-refractivity contribution in [2.75, 3.05) is 6.54 Å². The number of amides is 2. The number of benzene rings is 1. The van der Waals surface area contributed by atoms with Crippen molar-refractivity contribution < 1.29 is 17.6 Å². The summed E-state index contributed by atoms with van der Waals surface area (Å²) >= 11 is 12.0. The molecule has 2 rings (SSSR count). The van der Waals surface area contributed by atoms with Gasteiger partial charge in [0.1, 0.15) is 0 Å². The first-order valence-electron chi connectivity index (χ1n) is 7.33. The summed E-state index contributed by atoms with van der Waals surface area (Å²) in [6, 6.07) is 4.28. The molecule has 0 aliphatic rings. The molecule has 0 saturated carbocycles. The molecular weight excluding hydrogens is 391 g/mol. The first-order chi connectivity index (χ1) is 11.8. The number of urea groups is 1. The zero-order chi connectivity index (χ0) is 18.4. The van der Waals surface area contributed by atoms with Gasteiger partial charge in [0.25, 0.3) is 0 Å². The van der Waals surface area contributed by atoms with Crippen molar-refractivity contribution >= 4 is 39.1 Å². The van der Waals surface area contributed by atoms with E-state index in [4.69, 9.17) is 27.6 Å². The average molecular weight is 407 g/mol. The van der Waals surface area contributed by atoms with Gasteiger partial charge in [-0.3, -0.25) is 0 Å². The molecule has 8 nitrogen and oxygen atoms in total. The van der Waals surface area contributed by atoms with Crippen LogP contribution in [0.25, 0.3) is 0 Å². The summed E-state index contributed by atoms with van der Waals surface area (Å²) < 4.78 is 29.9. The van der Waals surface area contributed by atoms with Crippen LogP contribution in [0.15, 0.2) is 27.8 Å². The molecule has 0 spiro atoms. The van der Waals surface area contributed by atoms with Gasteiger partial charge in [-0.1, -0.05) is 41.3 Å². The summed E-state index contributed by atoms with van der Waals surface area (Å²) in [6.07, 6.45) is 0.793. The number of carbonyl (C=O) groups excluding carboxylic acids is 1. The summed E-state index contributed by atoms with van der Waals surface area (Å²) in [6.45, 7) is 2.35. The topological polar surface area (TPSA) is 114 Å². The zero-order valence-corrected chi connectivity index (χ0v) is 15.6. The van der Waals surface area contributed by atoms with E-state index in [2.05, 4.69) is 20.8 Å². The van der Waals surface area contributed by atoms with Crippen molar-refractivity contribution in [2.24, 2.45) is 0 Å². The minimum Gasteiger partial charge on any atom is -0.411 e. The molecule has 0 saturated heterocycles. The highest BCUT2D eigenvalue weighted by Crippen LogP contribution is 2.28. The summed E-state index contributed by atoms with van der Waals surface area (Å²) in [7, 11) is -3.93. The first-order valence-corrected chi connectivity index (χ1v) is 9.74. The second kappa shape index (κ2) is 8.50. The maximum atomic E-state index is 12.4. The van der Waals surface area contributed by atoms with E-state index in [-0.39, 0.29) is 28.0 Å². The molecule has 0 radical (unpaired) electrons. The number of aromatic nitrogens is 2. The van der Waals surface area contributed by atoms with Crippen LogP contribution in [0.4, 0.5) is 4.79 Å². The molecule has 25 heavy (non-hydrogen) atoms. The normalized spacial score (nSPS) is 11.3. The van der Waals surface area contributed by atoms with E-state index < -0.39 is 26.8 Å². The van der Waals surface area contributed by atoms with Crippen LogP contribution in [0.5, 0.6) is 0 Å². The lowest BCUT2D eigenvalue weighted by Gasteiger charge is -2.05. The van der Waals surface area contributed by atoms with E-state index in [1.807, 2.05) is 6.92 Å². The highest BCUT2D eigenvalue weighted by molar-refractivity contribution is 7.90. The monoisotopic (exact) mass is 406 g/mol. The largest absolute Gasteiger partial charge is 0.411 e. The number of carbonyl (C=O) groups is 1. The lowest BCUT2D eigenvalue weighted by molar-refractivity contribution is 0.239. The Morgan fingerprint density at radius 1 is 1.20 bits per heavy atom. The molecule has 2 aromatic rings. The van der Waals surface area contributed by atoms with Gasteiger partial charge in [0.05, 0.1) is 12.3 Å². The van der Waals surface area contributed by atoms with Gasteiger partial charge in [-0.15, -0.1) is 5.10 Å². The molecule has 2 N–H and O–H groups in total. The minimum absolute atomic E-state index is 0.0320. The Morgan fingerprint density at radius 3 is 2.52 bits per heavy atom. The van der Waals surface area contributed by atoms with E-state index in [0.717, 1.165) is 6.42 Å². The minimum atomic E-state index is -3.93. The maximum absolute atomic E-state index is 12.4. The van der Waals surface area contributed by atoms with Crippen molar-refractivity contribution in [1.29, 1.82) is 0 Å². The Morgan fingerprint density at radius 2 is 1.88 bits per heavy atom. The van der Waals surface area contributed by atoms with Crippen LogP contribution in [-0.2, 0) is 22.1 Å². The second-order valence-electron chi connectivity index (χ2n) is 5.03. The van der Waals surface area contributed by atoms with Crippen LogP contribution in [0.3, 0.4) is 0 Å². The van der Waals surface area contributed by atoms with Crippen LogP contribution in [0.2, 0.25) is 10.0 Å². The third kappa shape index (κ3) is 5.32. The fraction of sp³-hybridized carbons (Fsp3) is 0.357. The van der Waals surface area contributed by atoms with Crippen molar-refractivity contribution in [3.05, 3.63) is 39.7 Å².